The normalized spacial score (nSPS) is 20.0. The van der Waals surface area contributed by atoms with E-state index < -0.39 is 12.0 Å². The van der Waals surface area contributed by atoms with Crippen molar-refractivity contribution in [3.8, 4) is 0 Å². The van der Waals surface area contributed by atoms with Gasteiger partial charge < -0.3 is 19.9 Å². The summed E-state index contributed by atoms with van der Waals surface area (Å²) in [5.41, 5.74) is 0.768. The molecule has 6 nitrogen and oxygen atoms in total. The molecule has 2 rings (SSSR count). The summed E-state index contributed by atoms with van der Waals surface area (Å²) in [6.45, 7) is 1.35. The Hall–Kier alpha value is -1.44. The van der Waals surface area contributed by atoms with Gasteiger partial charge in [0.1, 0.15) is 6.04 Å². The topological polar surface area (TPSA) is 84.9 Å². The predicted octanol–water partition coefficient (Wildman–Crippen LogP) is 1.50. The quantitative estimate of drug-likeness (QED) is 0.831. The van der Waals surface area contributed by atoms with Gasteiger partial charge in [0.2, 0.25) is 0 Å². The molecule has 0 radical (unpaired) electrons. The van der Waals surface area contributed by atoms with Gasteiger partial charge >= 0.3 is 5.97 Å². The summed E-state index contributed by atoms with van der Waals surface area (Å²) in [4.78, 5) is 24.2. The van der Waals surface area contributed by atoms with Gasteiger partial charge in [0, 0.05) is 25.2 Å². The van der Waals surface area contributed by atoms with E-state index in [1.165, 1.54) is 11.3 Å². The molecule has 0 spiro atoms. The first kappa shape index (κ1) is 15.9. The third kappa shape index (κ3) is 4.03. The third-order valence-electron chi connectivity index (χ3n) is 3.47. The fourth-order valence-corrected chi connectivity index (χ4v) is 3.23. The van der Waals surface area contributed by atoms with E-state index in [0.29, 0.717) is 24.7 Å². The van der Waals surface area contributed by atoms with Gasteiger partial charge in [-0.15, -0.1) is 11.3 Å². The Bertz CT molecular complexity index is 495. The van der Waals surface area contributed by atoms with Crippen molar-refractivity contribution in [2.24, 2.45) is 5.92 Å². The lowest BCUT2D eigenvalue weighted by molar-refractivity contribution is -0.142. The zero-order valence-corrected chi connectivity index (χ0v) is 12.6. The second-order valence-electron chi connectivity index (χ2n) is 4.97. The van der Waals surface area contributed by atoms with E-state index in [1.807, 2.05) is 6.07 Å². The number of amides is 1. The number of methoxy groups -OCH3 is 1. The highest BCUT2D eigenvalue weighted by molar-refractivity contribution is 7.12. The van der Waals surface area contributed by atoms with E-state index in [-0.39, 0.29) is 11.8 Å². The Morgan fingerprint density at radius 3 is 3.05 bits per heavy atom. The molecule has 2 atom stereocenters. The number of hydrogen-bond donors (Lipinski definition) is 2. The fraction of sp³-hybridized carbons (Fsp3) is 0.571. The number of carbonyl (C=O) groups excluding carboxylic acids is 1. The van der Waals surface area contributed by atoms with Crippen LogP contribution in [0.3, 0.4) is 0 Å². The van der Waals surface area contributed by atoms with Gasteiger partial charge in [-0.2, -0.15) is 0 Å². The van der Waals surface area contributed by atoms with E-state index in [1.54, 1.807) is 12.5 Å². The molecule has 1 aromatic rings. The van der Waals surface area contributed by atoms with Crippen molar-refractivity contribution in [3.63, 3.8) is 0 Å². The zero-order valence-electron chi connectivity index (χ0n) is 11.8. The van der Waals surface area contributed by atoms with Gasteiger partial charge in [0.15, 0.2) is 0 Å². The molecule has 1 aliphatic heterocycles. The Morgan fingerprint density at radius 2 is 2.43 bits per heavy atom. The largest absolute Gasteiger partial charge is 0.480 e. The molecule has 0 aromatic carbocycles. The van der Waals surface area contributed by atoms with Gasteiger partial charge in [-0.3, -0.25) is 4.79 Å². The third-order valence-corrected chi connectivity index (χ3v) is 4.43. The highest BCUT2D eigenvalue weighted by Gasteiger charge is 2.32. The van der Waals surface area contributed by atoms with Crippen LogP contribution in [0.1, 0.15) is 28.1 Å². The summed E-state index contributed by atoms with van der Waals surface area (Å²) < 4.78 is 10.4. The molecule has 1 saturated heterocycles. The van der Waals surface area contributed by atoms with E-state index in [2.05, 4.69) is 5.32 Å². The van der Waals surface area contributed by atoms with Crippen molar-refractivity contribution in [1.29, 1.82) is 0 Å². The molecular formula is C14H19NO5S. The molecule has 1 aromatic heterocycles. The second kappa shape index (κ2) is 7.53. The maximum Gasteiger partial charge on any atom is 0.326 e. The van der Waals surface area contributed by atoms with Crippen LogP contribution in [0.4, 0.5) is 0 Å². The first-order valence-corrected chi connectivity index (χ1v) is 7.68. The first-order chi connectivity index (χ1) is 10.1. The standard InChI is InChI=1S/C14H19NO5S/c1-19-7-10-4-6-21-12(10)13(16)15-11(14(17)18)9-3-2-5-20-8-9/h4,6,9,11H,2-3,5,7-8H2,1H3,(H,15,16)(H,17,18). The van der Waals surface area contributed by atoms with Crippen molar-refractivity contribution in [2.45, 2.75) is 25.5 Å². The molecule has 1 aliphatic rings. The van der Waals surface area contributed by atoms with Crippen molar-refractivity contribution >= 4 is 23.2 Å². The van der Waals surface area contributed by atoms with Crippen molar-refractivity contribution in [1.82, 2.24) is 5.32 Å². The first-order valence-electron chi connectivity index (χ1n) is 6.80. The lowest BCUT2D eigenvalue weighted by atomic mass is 9.93. The summed E-state index contributed by atoms with van der Waals surface area (Å²) >= 11 is 1.28. The van der Waals surface area contributed by atoms with Crippen LogP contribution in [-0.4, -0.2) is 43.3 Å². The summed E-state index contributed by atoms with van der Waals surface area (Å²) in [5, 5.41) is 13.8. The van der Waals surface area contributed by atoms with E-state index in [4.69, 9.17) is 9.47 Å². The van der Waals surface area contributed by atoms with Crippen molar-refractivity contribution < 1.29 is 24.2 Å². The number of ether oxygens (including phenoxy) is 2. The van der Waals surface area contributed by atoms with Crippen molar-refractivity contribution in [3.05, 3.63) is 21.9 Å². The van der Waals surface area contributed by atoms with Crippen LogP contribution in [0.2, 0.25) is 0 Å². The van der Waals surface area contributed by atoms with Crippen LogP contribution in [0.5, 0.6) is 0 Å². The minimum absolute atomic E-state index is 0.189. The lowest BCUT2D eigenvalue weighted by Gasteiger charge is -2.28. The molecule has 2 heterocycles. The summed E-state index contributed by atoms with van der Waals surface area (Å²) in [7, 11) is 1.55. The average molecular weight is 313 g/mol. The summed E-state index contributed by atoms with van der Waals surface area (Å²) in [6, 6.07) is 0.887. The summed E-state index contributed by atoms with van der Waals surface area (Å²) in [5.74, 6) is -1.58. The SMILES string of the molecule is COCc1ccsc1C(=O)NC(C(=O)O)C1CCCOC1. The number of nitrogens with one attached hydrogen (secondary N) is 1. The van der Waals surface area contributed by atoms with Crippen molar-refractivity contribution in [2.75, 3.05) is 20.3 Å². The van der Waals surface area contributed by atoms with Crippen LogP contribution < -0.4 is 5.32 Å². The molecule has 1 fully saturated rings. The molecule has 2 unspecified atom stereocenters. The molecule has 1 amide bonds. The molecule has 21 heavy (non-hydrogen) atoms. The van der Waals surface area contributed by atoms with Crippen LogP contribution in [0.15, 0.2) is 11.4 Å². The number of carboxylic acid groups (broad SMARTS) is 1. The molecule has 0 aliphatic carbocycles. The Morgan fingerprint density at radius 1 is 1.62 bits per heavy atom. The lowest BCUT2D eigenvalue weighted by Crippen LogP contribution is -2.48. The average Bonchev–Trinajstić information content (AvgIpc) is 2.94. The smallest absolute Gasteiger partial charge is 0.326 e. The number of carbonyl (C=O) groups is 2. The van der Waals surface area contributed by atoms with E-state index >= 15 is 0 Å². The number of thiophene rings is 1. The number of carboxylic acids is 1. The zero-order chi connectivity index (χ0) is 15.2. The van der Waals surface area contributed by atoms with E-state index in [9.17, 15) is 14.7 Å². The fourth-order valence-electron chi connectivity index (χ4n) is 2.42. The van der Waals surface area contributed by atoms with Crippen LogP contribution in [0, 0.1) is 5.92 Å². The Balaban J connectivity index is 2.07. The summed E-state index contributed by atoms with van der Waals surface area (Å²) in [6.07, 6.45) is 1.56. The van der Waals surface area contributed by atoms with Gasteiger partial charge in [-0.25, -0.2) is 4.79 Å². The number of hydrogen-bond acceptors (Lipinski definition) is 5. The molecule has 0 bridgehead atoms. The van der Waals surface area contributed by atoms with Gasteiger partial charge in [-0.1, -0.05) is 0 Å². The highest BCUT2D eigenvalue weighted by atomic mass is 32.1. The second-order valence-corrected chi connectivity index (χ2v) is 5.89. The molecule has 116 valence electrons. The van der Waals surface area contributed by atoms with Crippen LogP contribution in [-0.2, 0) is 20.9 Å². The van der Waals surface area contributed by atoms with Gasteiger partial charge in [-0.05, 0) is 24.3 Å². The van der Waals surface area contributed by atoms with Crippen LogP contribution >= 0.6 is 11.3 Å². The minimum Gasteiger partial charge on any atom is -0.480 e. The highest BCUT2D eigenvalue weighted by Crippen LogP contribution is 2.21. The molecule has 0 saturated carbocycles. The maximum atomic E-state index is 12.3. The number of aliphatic carboxylic acids is 1. The van der Waals surface area contributed by atoms with Gasteiger partial charge in [0.05, 0.1) is 18.1 Å². The van der Waals surface area contributed by atoms with Gasteiger partial charge in [0.25, 0.3) is 5.91 Å². The van der Waals surface area contributed by atoms with E-state index in [0.717, 1.165) is 18.4 Å². The number of rotatable bonds is 6. The maximum absolute atomic E-state index is 12.3. The Labute approximate surface area is 127 Å². The Kier molecular flexibility index (Phi) is 5.72. The molecular weight excluding hydrogens is 294 g/mol. The molecule has 7 heteroatoms. The predicted molar refractivity (Wildman–Crippen MR) is 77.5 cm³/mol. The van der Waals surface area contributed by atoms with Crippen LogP contribution in [0.25, 0.3) is 0 Å². The minimum atomic E-state index is -1.02. The molecule has 2 N–H and O–H groups in total. The monoisotopic (exact) mass is 313 g/mol.